The van der Waals surface area contributed by atoms with Crippen LogP contribution in [0.2, 0.25) is 0 Å². The first-order valence-corrected chi connectivity index (χ1v) is 9.16. The molecule has 7 nitrogen and oxygen atoms in total. The van der Waals surface area contributed by atoms with Crippen LogP contribution in [-0.4, -0.2) is 52.4 Å². The molecule has 0 aliphatic carbocycles. The van der Waals surface area contributed by atoms with E-state index < -0.39 is 0 Å². The molecule has 0 unspecified atom stereocenters. The summed E-state index contributed by atoms with van der Waals surface area (Å²) in [5.74, 6) is 1.48. The van der Waals surface area contributed by atoms with Crippen molar-refractivity contribution in [1.82, 2.24) is 19.9 Å². The van der Waals surface area contributed by atoms with Crippen molar-refractivity contribution in [3.63, 3.8) is 0 Å². The number of pyridine rings is 2. The number of piperazine rings is 1. The third-order valence-corrected chi connectivity index (χ3v) is 4.92. The Morgan fingerprint density at radius 3 is 2.61 bits per heavy atom. The van der Waals surface area contributed by atoms with Crippen LogP contribution in [0.15, 0.2) is 48.1 Å². The fourth-order valence-electron chi connectivity index (χ4n) is 2.79. The summed E-state index contributed by atoms with van der Waals surface area (Å²) in [6.45, 7) is 1.98. The molecule has 0 aromatic carbocycles. The third kappa shape index (κ3) is 4.96. The summed E-state index contributed by atoms with van der Waals surface area (Å²) in [5, 5.41) is 6.01. The Hall–Kier alpha value is -2.26. The summed E-state index contributed by atoms with van der Waals surface area (Å²) >= 11 is 1.55. The van der Waals surface area contributed by atoms with Crippen molar-refractivity contribution in [3.8, 4) is 10.7 Å². The van der Waals surface area contributed by atoms with E-state index in [2.05, 4.69) is 20.3 Å². The molecule has 148 valence electrons. The van der Waals surface area contributed by atoms with Crippen molar-refractivity contribution in [1.29, 1.82) is 0 Å². The van der Waals surface area contributed by atoms with Crippen LogP contribution in [0.25, 0.3) is 10.7 Å². The second-order valence-corrected chi connectivity index (χ2v) is 6.95. The monoisotopic (exact) mass is 438 g/mol. The molecule has 1 saturated heterocycles. The highest BCUT2D eigenvalue weighted by atomic mass is 35.5. The number of nitrogens with zero attached hydrogens (tertiary/aromatic N) is 5. The predicted molar refractivity (Wildman–Crippen MR) is 117 cm³/mol. The molecule has 1 fully saturated rings. The molecule has 0 radical (unpaired) electrons. The lowest BCUT2D eigenvalue weighted by Crippen LogP contribution is -2.48. The summed E-state index contributed by atoms with van der Waals surface area (Å²) in [7, 11) is 1.95. The molecule has 4 heterocycles. The van der Waals surface area contributed by atoms with Gasteiger partial charge in [0, 0.05) is 24.7 Å². The molecule has 0 saturated carbocycles. The van der Waals surface area contributed by atoms with Crippen LogP contribution in [0.5, 0.6) is 0 Å². The maximum absolute atomic E-state index is 12.2. The number of hydrogen-bond donors (Lipinski definition) is 1. The average molecular weight is 439 g/mol. The molecule has 1 aliphatic rings. The van der Waals surface area contributed by atoms with Gasteiger partial charge in [0.2, 0.25) is 5.91 Å². The van der Waals surface area contributed by atoms with Crippen molar-refractivity contribution < 1.29 is 4.79 Å². The summed E-state index contributed by atoms with van der Waals surface area (Å²) in [5.41, 5.74) is 1.64. The minimum Gasteiger partial charge on any atom is -0.325 e. The highest BCUT2D eigenvalue weighted by Gasteiger charge is 2.22. The molecule has 3 aromatic rings. The largest absolute Gasteiger partial charge is 0.325 e. The highest BCUT2D eigenvalue weighted by Crippen LogP contribution is 2.23. The van der Waals surface area contributed by atoms with Crippen LogP contribution >= 0.6 is 36.2 Å². The minimum atomic E-state index is 0. The van der Waals surface area contributed by atoms with Crippen molar-refractivity contribution in [2.75, 3.05) is 36.9 Å². The zero-order chi connectivity index (χ0) is 17.9. The van der Waals surface area contributed by atoms with Gasteiger partial charge in [0.15, 0.2) is 0 Å². The average Bonchev–Trinajstić information content (AvgIpc) is 3.18. The summed E-state index contributed by atoms with van der Waals surface area (Å²) in [4.78, 5) is 29.2. The first-order chi connectivity index (χ1) is 12.7. The molecule has 28 heavy (non-hydrogen) atoms. The Balaban J connectivity index is 0.00000140. The summed E-state index contributed by atoms with van der Waals surface area (Å²) in [6, 6.07) is 9.52. The van der Waals surface area contributed by atoms with E-state index in [0.29, 0.717) is 24.7 Å². The van der Waals surface area contributed by atoms with E-state index in [9.17, 15) is 4.79 Å². The molecule has 0 bridgehead atoms. The van der Waals surface area contributed by atoms with Gasteiger partial charge in [0.25, 0.3) is 0 Å². The molecule has 3 aromatic heterocycles. The number of nitrogens with one attached hydrogen (secondary N) is 1. The zero-order valence-corrected chi connectivity index (χ0v) is 17.6. The number of carbonyl (C=O) groups excluding carboxylic acids is 1. The Labute approximate surface area is 179 Å². The van der Waals surface area contributed by atoms with Gasteiger partial charge in [-0.1, -0.05) is 6.07 Å². The second-order valence-electron chi connectivity index (χ2n) is 6.06. The van der Waals surface area contributed by atoms with Crippen LogP contribution in [0, 0.1) is 0 Å². The van der Waals surface area contributed by atoms with E-state index in [1.165, 1.54) is 0 Å². The zero-order valence-electron chi connectivity index (χ0n) is 15.1. The molecular weight excluding hydrogens is 419 g/mol. The van der Waals surface area contributed by atoms with Gasteiger partial charge in [-0.05, 0) is 31.3 Å². The van der Waals surface area contributed by atoms with Gasteiger partial charge >= 0.3 is 0 Å². The van der Waals surface area contributed by atoms with E-state index in [1.807, 2.05) is 47.7 Å². The second kappa shape index (κ2) is 9.79. The maximum atomic E-state index is 12.2. The van der Waals surface area contributed by atoms with E-state index in [1.54, 1.807) is 28.6 Å². The standard InChI is InChI=1S/C18H18N6OS.2ClH/c1-23-8-9-24(17(25)12-23)13-5-6-15(20-11-13)22-16-4-2-3-14(21-16)18-19-7-10-26-18;;/h2-7,10-11H,8-9,12H2,1H3,(H,20,21,22);2*1H. The van der Waals surface area contributed by atoms with Crippen molar-refractivity contribution >= 4 is 59.4 Å². The predicted octanol–water partition coefficient (Wildman–Crippen LogP) is 3.47. The van der Waals surface area contributed by atoms with Crippen molar-refractivity contribution in [3.05, 3.63) is 48.1 Å². The van der Waals surface area contributed by atoms with Crippen LogP contribution in [0.4, 0.5) is 17.3 Å². The van der Waals surface area contributed by atoms with E-state index >= 15 is 0 Å². The lowest BCUT2D eigenvalue weighted by Gasteiger charge is -2.31. The molecule has 10 heteroatoms. The fourth-order valence-corrected chi connectivity index (χ4v) is 3.39. The highest BCUT2D eigenvalue weighted by molar-refractivity contribution is 7.13. The molecule has 4 rings (SSSR count). The Bertz CT molecular complexity index is 907. The maximum Gasteiger partial charge on any atom is 0.241 e. The van der Waals surface area contributed by atoms with Gasteiger partial charge in [0.1, 0.15) is 22.3 Å². The number of rotatable bonds is 4. The van der Waals surface area contributed by atoms with Gasteiger partial charge in [-0.2, -0.15) is 0 Å². The topological polar surface area (TPSA) is 74.2 Å². The normalized spacial score (nSPS) is 14.2. The molecule has 0 spiro atoms. The number of hydrogen-bond acceptors (Lipinski definition) is 7. The molecule has 1 N–H and O–H groups in total. The van der Waals surface area contributed by atoms with E-state index in [0.717, 1.165) is 22.9 Å². The SMILES string of the molecule is CN1CCN(c2ccc(Nc3cccc(-c4nccs4)n3)nc2)C(=O)C1.Cl.Cl. The van der Waals surface area contributed by atoms with Gasteiger partial charge < -0.3 is 10.2 Å². The Morgan fingerprint density at radius 1 is 1.07 bits per heavy atom. The first-order valence-electron chi connectivity index (χ1n) is 8.28. The number of likely N-dealkylation sites (N-methyl/N-ethyl adjacent to an activating group) is 1. The number of anilines is 3. The van der Waals surface area contributed by atoms with Crippen molar-refractivity contribution in [2.24, 2.45) is 0 Å². The van der Waals surface area contributed by atoms with Crippen LogP contribution in [0.3, 0.4) is 0 Å². The molecule has 1 aliphatic heterocycles. The van der Waals surface area contributed by atoms with Crippen LogP contribution in [0.1, 0.15) is 0 Å². The van der Waals surface area contributed by atoms with Gasteiger partial charge in [0.05, 0.1) is 18.4 Å². The molecule has 0 atom stereocenters. The number of carbonyl (C=O) groups is 1. The van der Waals surface area contributed by atoms with Gasteiger partial charge in [-0.25, -0.2) is 15.0 Å². The van der Waals surface area contributed by atoms with Gasteiger partial charge in [-0.3, -0.25) is 9.69 Å². The fraction of sp³-hybridized carbons (Fsp3) is 0.222. The number of thiazole rings is 1. The molecular formula is C18H20Cl2N6OS. The summed E-state index contributed by atoms with van der Waals surface area (Å²) in [6.07, 6.45) is 3.48. The number of aromatic nitrogens is 3. The Kier molecular flexibility index (Phi) is 7.70. The van der Waals surface area contributed by atoms with E-state index in [-0.39, 0.29) is 30.7 Å². The van der Waals surface area contributed by atoms with E-state index in [4.69, 9.17) is 0 Å². The minimum absolute atomic E-state index is 0. The quantitative estimate of drug-likeness (QED) is 0.671. The van der Waals surface area contributed by atoms with Crippen LogP contribution < -0.4 is 10.2 Å². The Morgan fingerprint density at radius 2 is 1.93 bits per heavy atom. The first kappa shape index (κ1) is 22.0. The third-order valence-electron chi connectivity index (χ3n) is 4.13. The molecule has 1 amide bonds. The van der Waals surface area contributed by atoms with Gasteiger partial charge in [-0.15, -0.1) is 36.2 Å². The smallest absolute Gasteiger partial charge is 0.241 e. The van der Waals surface area contributed by atoms with Crippen LogP contribution in [-0.2, 0) is 4.79 Å². The lowest BCUT2D eigenvalue weighted by molar-refractivity contribution is -0.120. The number of amides is 1. The lowest BCUT2D eigenvalue weighted by atomic mass is 10.2. The van der Waals surface area contributed by atoms with Crippen molar-refractivity contribution in [2.45, 2.75) is 0 Å². The number of halogens is 2. The summed E-state index contributed by atoms with van der Waals surface area (Å²) < 4.78 is 0.